The van der Waals surface area contributed by atoms with Crippen LogP contribution in [0.3, 0.4) is 0 Å². The van der Waals surface area contributed by atoms with E-state index in [9.17, 15) is 4.79 Å². The molecule has 2 aromatic carbocycles. The van der Waals surface area contributed by atoms with Gasteiger partial charge in [-0.25, -0.2) is 14.6 Å². The highest BCUT2D eigenvalue weighted by atomic mass is 32.2. The van der Waals surface area contributed by atoms with E-state index >= 15 is 0 Å². The van der Waals surface area contributed by atoms with Crippen molar-refractivity contribution >= 4 is 34.4 Å². The van der Waals surface area contributed by atoms with Crippen molar-refractivity contribution in [3.8, 4) is 5.69 Å². The van der Waals surface area contributed by atoms with Gasteiger partial charge in [0.1, 0.15) is 11.4 Å². The number of benzene rings is 2. The zero-order valence-electron chi connectivity index (χ0n) is 17.4. The predicted molar refractivity (Wildman–Crippen MR) is 121 cm³/mol. The number of hydrogen-bond acceptors (Lipinski definition) is 5. The predicted octanol–water partition coefficient (Wildman–Crippen LogP) is 4.78. The summed E-state index contributed by atoms with van der Waals surface area (Å²) in [7, 11) is 0. The Balaban J connectivity index is 1.53. The van der Waals surface area contributed by atoms with Crippen LogP contribution in [0, 0.1) is 27.7 Å². The number of carbonyl (C=O) groups is 1. The topological polar surface area (TPSA) is 72.7 Å². The van der Waals surface area contributed by atoms with Gasteiger partial charge in [0.25, 0.3) is 0 Å². The first-order valence-corrected chi connectivity index (χ1v) is 10.7. The van der Waals surface area contributed by atoms with Gasteiger partial charge in [0.2, 0.25) is 5.91 Å². The Morgan fingerprint density at radius 2 is 1.83 bits per heavy atom. The second-order valence-electron chi connectivity index (χ2n) is 7.40. The number of carbonyl (C=O) groups excluding carboxylic acids is 1. The molecule has 6 nitrogen and oxygen atoms in total. The fourth-order valence-electron chi connectivity index (χ4n) is 3.26. The van der Waals surface area contributed by atoms with Gasteiger partial charge < -0.3 is 5.32 Å². The van der Waals surface area contributed by atoms with Crippen LogP contribution in [-0.2, 0) is 4.79 Å². The molecule has 4 rings (SSSR count). The van der Waals surface area contributed by atoms with Gasteiger partial charge in [-0.3, -0.25) is 4.79 Å². The van der Waals surface area contributed by atoms with Gasteiger partial charge in [0, 0.05) is 5.69 Å². The zero-order chi connectivity index (χ0) is 21.3. The highest BCUT2D eigenvalue weighted by molar-refractivity contribution is 8.00. The molecule has 0 atom stereocenters. The van der Waals surface area contributed by atoms with Crippen molar-refractivity contribution in [2.45, 2.75) is 32.7 Å². The van der Waals surface area contributed by atoms with Crippen molar-refractivity contribution in [3.05, 3.63) is 71.2 Å². The molecule has 0 aliphatic heterocycles. The number of nitrogens with one attached hydrogen (secondary N) is 1. The highest BCUT2D eigenvalue weighted by Gasteiger charge is 2.14. The van der Waals surface area contributed by atoms with E-state index in [1.807, 2.05) is 36.7 Å². The molecule has 1 amide bonds. The van der Waals surface area contributed by atoms with E-state index in [4.69, 9.17) is 0 Å². The summed E-state index contributed by atoms with van der Waals surface area (Å²) in [5.74, 6) is 0.189. The van der Waals surface area contributed by atoms with Crippen LogP contribution in [0.25, 0.3) is 16.7 Å². The molecule has 0 aliphatic carbocycles. The van der Waals surface area contributed by atoms with E-state index in [0.29, 0.717) is 0 Å². The molecular weight excluding hydrogens is 394 g/mol. The number of thioether (sulfide) groups is 1. The lowest BCUT2D eigenvalue weighted by molar-refractivity contribution is -0.113. The lowest BCUT2D eigenvalue weighted by Gasteiger charge is -2.09. The van der Waals surface area contributed by atoms with Crippen molar-refractivity contribution in [2.24, 2.45) is 0 Å². The van der Waals surface area contributed by atoms with Gasteiger partial charge in [0.05, 0.1) is 23.0 Å². The lowest BCUT2D eigenvalue weighted by atomic mass is 10.1. The molecule has 2 aromatic heterocycles. The van der Waals surface area contributed by atoms with Crippen LogP contribution >= 0.6 is 11.8 Å². The van der Waals surface area contributed by atoms with Gasteiger partial charge in [-0.05, 0) is 62.6 Å². The molecule has 0 bridgehead atoms. The SMILES string of the molecule is Cc1ccc(NC(=O)CSc2ncnc3c2cnn3-c2ccc(C)c(C)c2)c(C)c1. The van der Waals surface area contributed by atoms with E-state index < -0.39 is 0 Å². The molecule has 2 heterocycles. The first kappa shape index (κ1) is 20.1. The number of hydrogen-bond donors (Lipinski definition) is 1. The van der Waals surface area contributed by atoms with E-state index in [1.54, 1.807) is 6.20 Å². The van der Waals surface area contributed by atoms with Crippen molar-refractivity contribution in [3.63, 3.8) is 0 Å². The van der Waals surface area contributed by atoms with E-state index in [1.165, 1.54) is 34.8 Å². The van der Waals surface area contributed by atoms with Crippen molar-refractivity contribution in [2.75, 3.05) is 11.1 Å². The second kappa shape index (κ2) is 8.28. The van der Waals surface area contributed by atoms with E-state index in [2.05, 4.69) is 52.4 Å². The molecule has 0 spiro atoms. The zero-order valence-corrected chi connectivity index (χ0v) is 18.2. The number of rotatable bonds is 5. The third-order valence-electron chi connectivity index (χ3n) is 5.06. The summed E-state index contributed by atoms with van der Waals surface area (Å²) in [6.45, 7) is 8.19. The average Bonchev–Trinajstić information content (AvgIpc) is 3.15. The average molecular weight is 418 g/mol. The summed E-state index contributed by atoms with van der Waals surface area (Å²) in [6, 6.07) is 12.2. The maximum Gasteiger partial charge on any atom is 0.234 e. The Hall–Kier alpha value is -3.19. The molecule has 0 radical (unpaired) electrons. The van der Waals surface area contributed by atoms with E-state index in [-0.39, 0.29) is 11.7 Å². The van der Waals surface area contributed by atoms with Crippen LogP contribution in [0.2, 0.25) is 0 Å². The van der Waals surface area contributed by atoms with Gasteiger partial charge in [-0.2, -0.15) is 5.10 Å². The largest absolute Gasteiger partial charge is 0.325 e. The molecule has 0 unspecified atom stereocenters. The maximum absolute atomic E-state index is 12.5. The first-order chi connectivity index (χ1) is 14.4. The van der Waals surface area contributed by atoms with Crippen molar-refractivity contribution in [1.82, 2.24) is 19.7 Å². The normalized spacial score (nSPS) is 11.1. The summed E-state index contributed by atoms with van der Waals surface area (Å²) in [5.41, 5.74) is 7.16. The fraction of sp³-hybridized carbons (Fsp3) is 0.217. The molecule has 152 valence electrons. The molecule has 4 aromatic rings. The third kappa shape index (κ3) is 4.07. The molecule has 1 N–H and O–H groups in total. The maximum atomic E-state index is 12.5. The van der Waals surface area contributed by atoms with Crippen LogP contribution in [0.15, 0.2) is 53.9 Å². The Morgan fingerprint density at radius 3 is 2.60 bits per heavy atom. The Morgan fingerprint density at radius 1 is 1.00 bits per heavy atom. The number of aromatic nitrogens is 4. The lowest BCUT2D eigenvalue weighted by Crippen LogP contribution is -2.15. The molecule has 0 saturated heterocycles. The van der Waals surface area contributed by atoms with Crippen LogP contribution in [0.4, 0.5) is 5.69 Å². The van der Waals surface area contributed by atoms with Crippen LogP contribution in [-0.4, -0.2) is 31.4 Å². The van der Waals surface area contributed by atoms with Gasteiger partial charge in [-0.1, -0.05) is 35.5 Å². The highest BCUT2D eigenvalue weighted by Crippen LogP contribution is 2.26. The number of aryl methyl sites for hydroxylation is 4. The summed E-state index contributed by atoms with van der Waals surface area (Å²) < 4.78 is 1.81. The van der Waals surface area contributed by atoms with Crippen LogP contribution in [0.5, 0.6) is 0 Å². The molecular formula is C23H23N5OS. The standard InChI is InChI=1S/C23H23N5OS/c1-14-5-8-20(17(4)9-14)27-21(29)12-30-23-19-11-26-28(22(19)24-13-25-23)18-7-6-15(2)16(3)10-18/h5-11,13H,12H2,1-4H3,(H,27,29). The Labute approximate surface area is 179 Å². The quantitative estimate of drug-likeness (QED) is 0.374. The third-order valence-corrected chi connectivity index (χ3v) is 6.07. The van der Waals surface area contributed by atoms with Gasteiger partial charge in [-0.15, -0.1) is 0 Å². The van der Waals surface area contributed by atoms with Gasteiger partial charge in [0.15, 0.2) is 5.65 Å². The first-order valence-electron chi connectivity index (χ1n) is 9.68. The fourth-order valence-corrected chi connectivity index (χ4v) is 4.02. The van der Waals surface area contributed by atoms with Crippen LogP contribution < -0.4 is 5.32 Å². The Bertz CT molecular complexity index is 1250. The summed E-state index contributed by atoms with van der Waals surface area (Å²) in [6.07, 6.45) is 3.28. The van der Waals surface area contributed by atoms with E-state index in [0.717, 1.165) is 33.0 Å². The minimum atomic E-state index is -0.0692. The number of amides is 1. The monoisotopic (exact) mass is 417 g/mol. The summed E-state index contributed by atoms with van der Waals surface area (Å²) in [4.78, 5) is 21.3. The van der Waals surface area contributed by atoms with Crippen molar-refractivity contribution in [1.29, 1.82) is 0 Å². The number of nitrogens with zero attached hydrogens (tertiary/aromatic N) is 4. The smallest absolute Gasteiger partial charge is 0.234 e. The molecule has 0 saturated carbocycles. The minimum absolute atomic E-state index is 0.0692. The van der Waals surface area contributed by atoms with Gasteiger partial charge >= 0.3 is 0 Å². The molecule has 0 aliphatic rings. The summed E-state index contributed by atoms with van der Waals surface area (Å²) >= 11 is 1.38. The van der Waals surface area contributed by atoms with Crippen LogP contribution in [0.1, 0.15) is 22.3 Å². The molecule has 0 fully saturated rings. The second-order valence-corrected chi connectivity index (χ2v) is 8.36. The molecule has 30 heavy (non-hydrogen) atoms. The Kier molecular flexibility index (Phi) is 5.55. The number of anilines is 1. The summed E-state index contributed by atoms with van der Waals surface area (Å²) in [5, 5.41) is 9.06. The van der Waals surface area contributed by atoms with Crippen molar-refractivity contribution < 1.29 is 4.79 Å². The minimum Gasteiger partial charge on any atom is -0.325 e. The number of fused-ring (bicyclic) bond motifs is 1. The molecule has 7 heteroatoms.